The second-order valence-corrected chi connectivity index (χ2v) is 8.43. The van der Waals surface area contributed by atoms with Crippen molar-refractivity contribution in [2.75, 3.05) is 6.54 Å². The van der Waals surface area contributed by atoms with Crippen LogP contribution in [-0.4, -0.2) is 30.5 Å². The maximum absolute atomic E-state index is 12.3. The number of ether oxygens (including phenoxy) is 1. The van der Waals surface area contributed by atoms with Crippen LogP contribution in [0.25, 0.3) is 0 Å². The predicted molar refractivity (Wildman–Crippen MR) is 132 cm³/mol. The van der Waals surface area contributed by atoms with Crippen LogP contribution in [0.1, 0.15) is 32.7 Å². The molecule has 168 valence electrons. The number of hydrazone groups is 1. The molecule has 9 heteroatoms. The number of rotatable bonds is 8. The van der Waals surface area contributed by atoms with Gasteiger partial charge in [0.25, 0.3) is 5.91 Å². The molecule has 0 saturated heterocycles. The summed E-state index contributed by atoms with van der Waals surface area (Å²) < 4.78 is 6.73. The van der Waals surface area contributed by atoms with Crippen molar-refractivity contribution in [3.63, 3.8) is 0 Å². The van der Waals surface area contributed by atoms with Crippen molar-refractivity contribution < 1.29 is 19.1 Å². The van der Waals surface area contributed by atoms with E-state index in [2.05, 4.69) is 47.7 Å². The highest BCUT2D eigenvalue weighted by Crippen LogP contribution is 2.20. The second-order valence-electron chi connectivity index (χ2n) is 6.72. The van der Waals surface area contributed by atoms with Gasteiger partial charge in [-0.05, 0) is 73.8 Å². The van der Waals surface area contributed by atoms with E-state index >= 15 is 0 Å². The molecule has 3 aromatic rings. The van der Waals surface area contributed by atoms with Crippen molar-refractivity contribution in [2.45, 2.75) is 6.42 Å². The highest BCUT2D eigenvalue weighted by atomic mass is 79.9. The van der Waals surface area contributed by atoms with Crippen molar-refractivity contribution in [2.24, 2.45) is 5.10 Å². The first-order valence-electron chi connectivity index (χ1n) is 9.85. The number of carbonyl (C=O) groups is 3. The lowest BCUT2D eigenvalue weighted by atomic mass is 10.2. The summed E-state index contributed by atoms with van der Waals surface area (Å²) in [4.78, 5) is 36.4. The molecule has 2 amide bonds. The van der Waals surface area contributed by atoms with Crippen LogP contribution in [0, 0.1) is 0 Å². The van der Waals surface area contributed by atoms with Gasteiger partial charge in [-0.3, -0.25) is 9.59 Å². The van der Waals surface area contributed by atoms with E-state index in [0.717, 1.165) is 0 Å². The topological polar surface area (TPSA) is 96.9 Å². The Morgan fingerprint density at radius 1 is 0.879 bits per heavy atom. The molecule has 0 unspecified atom stereocenters. The lowest BCUT2D eigenvalue weighted by Crippen LogP contribution is -2.29. The van der Waals surface area contributed by atoms with E-state index in [0.29, 0.717) is 31.4 Å². The third-order valence-corrected chi connectivity index (χ3v) is 5.70. The number of hydrogen-bond acceptors (Lipinski definition) is 5. The number of nitrogens with one attached hydrogen (secondary N) is 2. The smallest absolute Gasteiger partial charge is 0.344 e. The molecular formula is C24H19Br2N3O4. The fraction of sp³-hybridized carbons (Fsp3) is 0.0833. The number of carbonyl (C=O) groups excluding carboxylic acids is 3. The van der Waals surface area contributed by atoms with E-state index < -0.39 is 5.97 Å². The largest absolute Gasteiger partial charge is 0.423 e. The molecule has 3 aromatic carbocycles. The van der Waals surface area contributed by atoms with Crippen molar-refractivity contribution in [3.05, 3.63) is 98.4 Å². The molecule has 0 aliphatic heterocycles. The highest BCUT2D eigenvalue weighted by Gasteiger charge is 2.12. The Bertz CT molecular complexity index is 1200. The first kappa shape index (κ1) is 24.3. The Morgan fingerprint density at radius 3 is 2.24 bits per heavy atom. The fourth-order valence-corrected chi connectivity index (χ4v) is 3.62. The monoisotopic (exact) mass is 571 g/mol. The number of benzene rings is 3. The van der Waals surface area contributed by atoms with Gasteiger partial charge in [0.1, 0.15) is 5.75 Å². The summed E-state index contributed by atoms with van der Waals surface area (Å²) in [6, 6.07) is 20.8. The van der Waals surface area contributed by atoms with Crippen LogP contribution in [-0.2, 0) is 4.79 Å². The molecule has 0 aliphatic carbocycles. The van der Waals surface area contributed by atoms with Gasteiger partial charge in [-0.15, -0.1) is 0 Å². The van der Waals surface area contributed by atoms with E-state index in [1.165, 1.54) is 6.21 Å². The first-order valence-corrected chi connectivity index (χ1v) is 11.4. The standard InChI is InChI=1S/C24H19Br2N3O4/c25-20-10-3-1-8-18(20)23(31)27-13-12-22(30)29-28-15-16-6-5-7-17(14-16)33-24(32)19-9-2-4-11-21(19)26/h1-11,14-15H,12-13H2,(H,27,31)(H,29,30). The summed E-state index contributed by atoms with van der Waals surface area (Å²) in [6.07, 6.45) is 1.50. The van der Waals surface area contributed by atoms with E-state index in [9.17, 15) is 14.4 Å². The number of amides is 2. The molecule has 0 spiro atoms. The van der Waals surface area contributed by atoms with E-state index in [-0.39, 0.29) is 24.8 Å². The normalized spacial score (nSPS) is 10.6. The minimum Gasteiger partial charge on any atom is -0.423 e. The summed E-state index contributed by atoms with van der Waals surface area (Å²) in [5, 5.41) is 6.60. The molecule has 0 aliphatic rings. The lowest BCUT2D eigenvalue weighted by Gasteiger charge is -2.07. The molecule has 0 radical (unpaired) electrons. The van der Waals surface area contributed by atoms with Gasteiger partial charge in [0, 0.05) is 21.9 Å². The summed E-state index contributed by atoms with van der Waals surface area (Å²) >= 11 is 6.64. The van der Waals surface area contributed by atoms with Crippen LogP contribution in [0.5, 0.6) is 5.75 Å². The van der Waals surface area contributed by atoms with Gasteiger partial charge in [0.2, 0.25) is 5.91 Å². The molecule has 0 atom stereocenters. The van der Waals surface area contributed by atoms with Crippen LogP contribution in [0.2, 0.25) is 0 Å². The SMILES string of the molecule is O=C(CCNC(=O)c1ccccc1Br)NN=Cc1cccc(OC(=O)c2ccccc2Br)c1. The quantitative estimate of drug-likeness (QED) is 0.177. The summed E-state index contributed by atoms with van der Waals surface area (Å²) in [6.45, 7) is 0.169. The molecule has 0 fully saturated rings. The summed E-state index contributed by atoms with van der Waals surface area (Å²) in [5.41, 5.74) is 3.95. The number of hydrogen-bond donors (Lipinski definition) is 2. The molecule has 33 heavy (non-hydrogen) atoms. The molecule has 0 aromatic heterocycles. The van der Waals surface area contributed by atoms with E-state index in [1.807, 2.05) is 12.1 Å². The van der Waals surface area contributed by atoms with Gasteiger partial charge in [-0.2, -0.15) is 5.10 Å². The van der Waals surface area contributed by atoms with Crippen molar-refractivity contribution in [3.8, 4) is 5.75 Å². The first-order chi connectivity index (χ1) is 15.9. The average Bonchev–Trinajstić information content (AvgIpc) is 2.80. The Hall–Kier alpha value is -3.30. The number of nitrogens with zero attached hydrogens (tertiary/aromatic N) is 1. The number of halogens is 2. The average molecular weight is 573 g/mol. The summed E-state index contributed by atoms with van der Waals surface area (Å²) in [5.74, 6) is -0.766. The van der Waals surface area contributed by atoms with Gasteiger partial charge in [-0.1, -0.05) is 36.4 Å². The fourth-order valence-electron chi connectivity index (χ4n) is 2.71. The van der Waals surface area contributed by atoms with Gasteiger partial charge in [0.15, 0.2) is 0 Å². The Labute approximate surface area is 207 Å². The van der Waals surface area contributed by atoms with Gasteiger partial charge in [0.05, 0.1) is 17.3 Å². The van der Waals surface area contributed by atoms with E-state index in [1.54, 1.807) is 60.7 Å². The zero-order valence-electron chi connectivity index (χ0n) is 17.3. The molecule has 2 N–H and O–H groups in total. The zero-order valence-corrected chi connectivity index (χ0v) is 20.4. The maximum Gasteiger partial charge on any atom is 0.344 e. The molecule has 7 nitrogen and oxygen atoms in total. The van der Waals surface area contributed by atoms with Crippen LogP contribution in [0.15, 0.2) is 86.8 Å². The Morgan fingerprint density at radius 2 is 1.55 bits per heavy atom. The lowest BCUT2D eigenvalue weighted by molar-refractivity contribution is -0.120. The molecule has 0 bridgehead atoms. The van der Waals surface area contributed by atoms with E-state index in [4.69, 9.17) is 4.74 Å². The Balaban J connectivity index is 1.46. The predicted octanol–water partition coefficient (Wildman–Crippen LogP) is 4.70. The van der Waals surface area contributed by atoms with Crippen molar-refractivity contribution in [1.29, 1.82) is 0 Å². The van der Waals surface area contributed by atoms with Crippen LogP contribution in [0.3, 0.4) is 0 Å². The molecule has 3 rings (SSSR count). The molecular weight excluding hydrogens is 554 g/mol. The van der Waals surface area contributed by atoms with Gasteiger partial charge < -0.3 is 10.1 Å². The number of esters is 1. The van der Waals surface area contributed by atoms with Gasteiger partial charge >= 0.3 is 5.97 Å². The maximum atomic E-state index is 12.3. The third kappa shape index (κ3) is 7.37. The second kappa shape index (κ2) is 12.1. The Kier molecular flexibility index (Phi) is 8.91. The summed E-state index contributed by atoms with van der Waals surface area (Å²) in [7, 11) is 0. The minimum atomic E-state index is -0.491. The third-order valence-electron chi connectivity index (χ3n) is 4.32. The van der Waals surface area contributed by atoms with Crippen LogP contribution < -0.4 is 15.5 Å². The minimum absolute atomic E-state index is 0.0666. The van der Waals surface area contributed by atoms with Crippen molar-refractivity contribution >= 4 is 55.9 Å². The van der Waals surface area contributed by atoms with Crippen LogP contribution in [0.4, 0.5) is 0 Å². The van der Waals surface area contributed by atoms with Crippen molar-refractivity contribution in [1.82, 2.24) is 10.7 Å². The highest BCUT2D eigenvalue weighted by molar-refractivity contribution is 9.10. The molecule has 0 saturated carbocycles. The van der Waals surface area contributed by atoms with Gasteiger partial charge in [-0.25, -0.2) is 10.2 Å². The zero-order chi connectivity index (χ0) is 23.6. The van der Waals surface area contributed by atoms with Crippen LogP contribution >= 0.6 is 31.9 Å². The molecule has 0 heterocycles.